The highest BCUT2D eigenvalue weighted by Gasteiger charge is 2.32. The SMILES string of the molecule is C=CC(=O)Nc1ccc(C(O)(CO)Cn2c(C#N)cc3cc(CN4CCC(Nc5ncnc6sc(CC(F)(F)F)cc56)CC4)ccc32)cc1. The first-order chi connectivity index (χ1) is 23.5. The lowest BCUT2D eigenvalue weighted by atomic mass is 9.94. The van der Waals surface area contributed by atoms with Gasteiger partial charge in [-0.3, -0.25) is 9.69 Å². The predicted octanol–water partition coefficient (Wildman–Crippen LogP) is 5.70. The number of aliphatic hydroxyl groups excluding tert-OH is 1. The lowest BCUT2D eigenvalue weighted by Gasteiger charge is -2.32. The molecule has 5 aromatic rings. The monoisotopic (exact) mass is 689 g/mol. The third kappa shape index (κ3) is 7.76. The zero-order chi connectivity index (χ0) is 34.8. The molecular formula is C35H34F3N7O3S. The maximum Gasteiger partial charge on any atom is 0.393 e. The lowest BCUT2D eigenvalue weighted by molar-refractivity contribution is -0.126. The fraction of sp³-hybridized carbons (Fsp3) is 0.314. The molecule has 10 nitrogen and oxygen atoms in total. The number of thiophene rings is 1. The van der Waals surface area contributed by atoms with Crippen LogP contribution in [-0.4, -0.2) is 67.5 Å². The van der Waals surface area contributed by atoms with Gasteiger partial charge in [0.15, 0.2) is 0 Å². The normalized spacial score (nSPS) is 15.6. The highest BCUT2D eigenvalue weighted by molar-refractivity contribution is 7.18. The van der Waals surface area contributed by atoms with Crippen LogP contribution >= 0.6 is 11.3 Å². The number of likely N-dealkylation sites (tertiary alicyclic amines) is 1. The molecule has 1 amide bonds. The first-order valence-electron chi connectivity index (χ1n) is 15.7. The van der Waals surface area contributed by atoms with Crippen LogP contribution in [0.5, 0.6) is 0 Å². The van der Waals surface area contributed by atoms with Gasteiger partial charge in [0, 0.05) is 47.1 Å². The van der Waals surface area contributed by atoms with E-state index in [-0.39, 0.29) is 23.4 Å². The lowest BCUT2D eigenvalue weighted by Crippen LogP contribution is -2.38. The Balaban J connectivity index is 1.11. The summed E-state index contributed by atoms with van der Waals surface area (Å²) in [7, 11) is 0. The second kappa shape index (κ2) is 14.0. The Kier molecular flexibility index (Phi) is 9.71. The van der Waals surface area contributed by atoms with Crippen molar-refractivity contribution in [3.63, 3.8) is 0 Å². The predicted molar refractivity (Wildman–Crippen MR) is 182 cm³/mol. The Labute approximate surface area is 284 Å². The summed E-state index contributed by atoms with van der Waals surface area (Å²) in [5.41, 5.74) is 1.39. The Morgan fingerprint density at radius 1 is 1.12 bits per heavy atom. The molecule has 0 saturated carbocycles. The molecule has 1 atom stereocenters. The van der Waals surface area contributed by atoms with Crippen molar-refractivity contribution in [3.05, 3.63) is 95.3 Å². The summed E-state index contributed by atoms with van der Waals surface area (Å²) >= 11 is 1.04. The fourth-order valence-electron chi connectivity index (χ4n) is 6.23. The van der Waals surface area contributed by atoms with Crippen LogP contribution in [0, 0.1) is 11.3 Å². The number of nitriles is 1. The zero-order valence-corrected chi connectivity index (χ0v) is 27.2. The number of piperidine rings is 1. The van der Waals surface area contributed by atoms with Crippen LogP contribution in [0.3, 0.4) is 0 Å². The Bertz CT molecular complexity index is 2030. The number of carbonyl (C=O) groups is 1. The first kappa shape index (κ1) is 34.1. The molecule has 0 radical (unpaired) electrons. The van der Waals surface area contributed by atoms with Crippen LogP contribution in [0.4, 0.5) is 24.7 Å². The standard InChI is InChI=1S/C35H34F3N7O3S/c1-2-31(47)42-25-6-4-24(5-7-25)34(48,20-46)19-45-27(17-39)14-23-13-22(3-8-30(23)45)18-44-11-9-26(10-12-44)43-32-29-15-28(16-35(36,37)38)49-33(29)41-21-40-32/h2-8,13-15,21,26,46,48H,1,9-12,16,18-20H2,(H,42,47)(H,40,41,43). The molecule has 254 valence electrons. The first-order valence-corrected chi connectivity index (χ1v) is 16.5. The van der Waals surface area contributed by atoms with Crippen molar-refractivity contribution >= 4 is 49.9 Å². The average molecular weight is 690 g/mol. The van der Waals surface area contributed by atoms with E-state index in [1.54, 1.807) is 34.9 Å². The number of nitrogens with one attached hydrogen (secondary N) is 2. The van der Waals surface area contributed by atoms with E-state index in [0.717, 1.165) is 59.8 Å². The van der Waals surface area contributed by atoms with Gasteiger partial charge in [-0.1, -0.05) is 24.8 Å². The topological polar surface area (TPSA) is 139 Å². The van der Waals surface area contributed by atoms with E-state index in [1.165, 1.54) is 12.4 Å². The number of rotatable bonds is 11. The van der Waals surface area contributed by atoms with Gasteiger partial charge < -0.3 is 25.4 Å². The summed E-state index contributed by atoms with van der Waals surface area (Å²) in [5, 5.41) is 39.2. The van der Waals surface area contributed by atoms with Crippen LogP contribution in [0.25, 0.3) is 21.1 Å². The number of fused-ring (bicyclic) bond motifs is 2. The van der Waals surface area contributed by atoms with E-state index in [9.17, 15) is 33.4 Å². The minimum Gasteiger partial charge on any atom is -0.393 e. The number of nitrogens with zero attached hydrogens (tertiary/aromatic N) is 5. The number of alkyl halides is 3. The van der Waals surface area contributed by atoms with Gasteiger partial charge in [-0.25, -0.2) is 9.97 Å². The molecule has 1 saturated heterocycles. The highest BCUT2D eigenvalue weighted by atomic mass is 32.1. The number of aliphatic hydroxyl groups is 2. The Morgan fingerprint density at radius 2 is 1.88 bits per heavy atom. The van der Waals surface area contributed by atoms with Gasteiger partial charge in [-0.15, -0.1) is 11.3 Å². The van der Waals surface area contributed by atoms with E-state index in [1.807, 2.05) is 18.2 Å². The van der Waals surface area contributed by atoms with Gasteiger partial charge in [0.25, 0.3) is 0 Å². The number of carbonyl (C=O) groups excluding carboxylic acids is 1. The van der Waals surface area contributed by atoms with E-state index in [0.29, 0.717) is 39.5 Å². The Hall–Kier alpha value is -4.81. The van der Waals surface area contributed by atoms with Crippen molar-refractivity contribution in [2.24, 2.45) is 0 Å². The summed E-state index contributed by atoms with van der Waals surface area (Å²) in [4.78, 5) is 23.2. The van der Waals surface area contributed by atoms with Gasteiger partial charge in [-0.2, -0.15) is 18.4 Å². The van der Waals surface area contributed by atoms with Crippen molar-refractivity contribution in [1.82, 2.24) is 19.4 Å². The molecule has 1 fully saturated rings. The highest BCUT2D eigenvalue weighted by Crippen LogP contribution is 2.34. The number of amides is 1. The maximum absolute atomic E-state index is 12.9. The van der Waals surface area contributed by atoms with Crippen molar-refractivity contribution in [3.8, 4) is 6.07 Å². The smallest absolute Gasteiger partial charge is 0.393 e. The molecule has 4 N–H and O–H groups in total. The molecule has 0 spiro atoms. The maximum atomic E-state index is 12.9. The number of halogens is 3. The summed E-state index contributed by atoms with van der Waals surface area (Å²) in [6, 6.07) is 18.0. The zero-order valence-electron chi connectivity index (χ0n) is 26.4. The van der Waals surface area contributed by atoms with Gasteiger partial charge in [0.2, 0.25) is 5.91 Å². The molecule has 0 bridgehead atoms. The second-order valence-electron chi connectivity index (χ2n) is 12.2. The number of aromatic nitrogens is 3. The number of anilines is 2. The van der Waals surface area contributed by atoms with Crippen LogP contribution in [0.1, 0.15) is 34.5 Å². The van der Waals surface area contributed by atoms with Gasteiger partial charge in [0.1, 0.15) is 34.3 Å². The molecule has 1 unspecified atom stereocenters. The minimum atomic E-state index is -4.28. The third-order valence-electron chi connectivity index (χ3n) is 8.73. The quantitative estimate of drug-likeness (QED) is 0.130. The van der Waals surface area contributed by atoms with Gasteiger partial charge in [-0.05, 0) is 66.4 Å². The number of benzene rings is 2. The Morgan fingerprint density at radius 3 is 2.55 bits per heavy atom. The van der Waals surface area contributed by atoms with Crippen LogP contribution in [-0.2, 0) is 29.9 Å². The van der Waals surface area contributed by atoms with Crippen LogP contribution in [0.2, 0.25) is 0 Å². The van der Waals surface area contributed by atoms with Gasteiger partial charge >= 0.3 is 6.18 Å². The molecule has 3 aromatic heterocycles. The summed E-state index contributed by atoms with van der Waals surface area (Å²) in [6.07, 6.45) is -1.09. The van der Waals surface area contributed by atoms with Crippen molar-refractivity contribution in [2.75, 3.05) is 30.3 Å². The van der Waals surface area contributed by atoms with Crippen molar-refractivity contribution < 1.29 is 28.2 Å². The molecule has 14 heteroatoms. The molecule has 49 heavy (non-hydrogen) atoms. The molecule has 1 aliphatic heterocycles. The third-order valence-corrected chi connectivity index (χ3v) is 9.77. The average Bonchev–Trinajstić information content (AvgIpc) is 3.65. The van der Waals surface area contributed by atoms with Crippen molar-refractivity contribution in [1.29, 1.82) is 5.26 Å². The van der Waals surface area contributed by atoms with Gasteiger partial charge in [0.05, 0.1) is 25.0 Å². The number of hydrogen-bond donors (Lipinski definition) is 4. The van der Waals surface area contributed by atoms with Crippen molar-refractivity contribution in [2.45, 2.75) is 50.2 Å². The molecule has 2 aromatic carbocycles. The van der Waals surface area contributed by atoms with E-state index >= 15 is 0 Å². The summed E-state index contributed by atoms with van der Waals surface area (Å²) in [5.74, 6) is 0.187. The summed E-state index contributed by atoms with van der Waals surface area (Å²) < 4.78 is 40.5. The number of hydrogen-bond acceptors (Lipinski definition) is 9. The molecular weight excluding hydrogens is 655 g/mol. The largest absolute Gasteiger partial charge is 0.393 e. The van der Waals surface area contributed by atoms with Crippen LogP contribution in [0.15, 0.2) is 73.6 Å². The second-order valence-corrected chi connectivity index (χ2v) is 13.3. The van der Waals surface area contributed by atoms with E-state index < -0.39 is 24.8 Å². The fourth-order valence-corrected chi connectivity index (χ4v) is 7.25. The molecule has 4 heterocycles. The summed E-state index contributed by atoms with van der Waals surface area (Å²) in [6.45, 7) is 5.07. The van der Waals surface area contributed by atoms with E-state index in [2.05, 4.69) is 38.1 Å². The minimum absolute atomic E-state index is 0.0677. The molecule has 6 rings (SSSR count). The molecule has 1 aliphatic rings. The molecule has 0 aliphatic carbocycles. The van der Waals surface area contributed by atoms with Crippen LogP contribution < -0.4 is 10.6 Å². The van der Waals surface area contributed by atoms with E-state index in [4.69, 9.17) is 0 Å².